The summed E-state index contributed by atoms with van der Waals surface area (Å²) in [7, 11) is 0. The van der Waals surface area contributed by atoms with E-state index in [4.69, 9.17) is 0 Å². The lowest BCUT2D eigenvalue weighted by atomic mass is 10.2. The van der Waals surface area contributed by atoms with Crippen molar-refractivity contribution in [3.05, 3.63) is 36.3 Å². The molecule has 0 aliphatic heterocycles. The van der Waals surface area contributed by atoms with Gasteiger partial charge in [-0.25, -0.2) is 0 Å². The van der Waals surface area contributed by atoms with E-state index in [2.05, 4.69) is 37.6 Å². The largest absolute Gasteiger partial charge is 0.345 e. The van der Waals surface area contributed by atoms with Gasteiger partial charge in [-0.2, -0.15) is 0 Å². The second-order valence-electron chi connectivity index (χ2n) is 4.82. The van der Waals surface area contributed by atoms with Crippen molar-refractivity contribution in [1.82, 2.24) is 35.8 Å². The molecular formula is C14H17N7O3. The quantitative estimate of drug-likeness (QED) is 0.551. The number of hydrogen-bond acceptors (Lipinski definition) is 6. The van der Waals surface area contributed by atoms with Gasteiger partial charge in [-0.1, -0.05) is 13.5 Å². The summed E-state index contributed by atoms with van der Waals surface area (Å²) in [4.78, 5) is 39.0. The first-order chi connectivity index (χ1) is 11.5. The van der Waals surface area contributed by atoms with Gasteiger partial charge in [-0.05, 0) is 23.8 Å². The van der Waals surface area contributed by atoms with Crippen molar-refractivity contribution < 1.29 is 14.4 Å². The number of rotatable bonds is 8. The van der Waals surface area contributed by atoms with E-state index in [1.165, 1.54) is 0 Å². The van der Waals surface area contributed by atoms with Crippen LogP contribution in [0.5, 0.6) is 0 Å². The Labute approximate surface area is 137 Å². The maximum absolute atomic E-state index is 11.9. The van der Waals surface area contributed by atoms with Gasteiger partial charge in [0.1, 0.15) is 0 Å². The molecule has 2 heterocycles. The number of carbonyl (C=O) groups is 3. The Morgan fingerprint density at radius 3 is 2.71 bits per heavy atom. The van der Waals surface area contributed by atoms with Crippen LogP contribution in [0.3, 0.4) is 0 Å². The molecule has 2 aromatic heterocycles. The molecule has 126 valence electrons. The zero-order valence-electron chi connectivity index (χ0n) is 13.1. The Bertz CT molecular complexity index is 748. The maximum atomic E-state index is 11.9. The third-order valence-corrected chi connectivity index (χ3v) is 3.05. The number of carbonyl (C=O) groups excluding carboxylic acids is 3. The van der Waals surface area contributed by atoms with Crippen molar-refractivity contribution in [3.63, 3.8) is 0 Å². The molecule has 3 N–H and O–H groups in total. The average molecular weight is 331 g/mol. The minimum atomic E-state index is -0.634. The highest BCUT2D eigenvalue weighted by molar-refractivity contribution is 5.97. The molecule has 0 spiro atoms. The molecule has 0 bridgehead atoms. The van der Waals surface area contributed by atoms with E-state index < -0.39 is 5.91 Å². The van der Waals surface area contributed by atoms with Gasteiger partial charge in [0.05, 0.1) is 13.1 Å². The van der Waals surface area contributed by atoms with Crippen LogP contribution in [0.1, 0.15) is 24.0 Å². The topological polar surface area (TPSA) is 135 Å². The summed E-state index contributed by atoms with van der Waals surface area (Å²) < 4.78 is 0. The molecule has 0 aliphatic rings. The molecule has 2 amide bonds. The molecule has 0 aromatic carbocycles. The van der Waals surface area contributed by atoms with Crippen LogP contribution in [0.2, 0.25) is 0 Å². The number of hydrogen-bond donors (Lipinski definition) is 3. The smallest absolute Gasteiger partial charge is 0.293 e. The first kappa shape index (κ1) is 17.1. The highest BCUT2D eigenvalue weighted by Gasteiger charge is 2.15. The van der Waals surface area contributed by atoms with Gasteiger partial charge in [0.25, 0.3) is 11.7 Å². The third kappa shape index (κ3) is 4.35. The molecule has 10 nitrogen and oxygen atoms in total. The van der Waals surface area contributed by atoms with Gasteiger partial charge in [-0.15, -0.1) is 15.0 Å². The predicted octanol–water partition coefficient (Wildman–Crippen LogP) is -0.628. The number of nitrogens with one attached hydrogen (secondary N) is 3. The van der Waals surface area contributed by atoms with E-state index in [9.17, 15) is 14.4 Å². The van der Waals surface area contributed by atoms with E-state index in [-0.39, 0.29) is 30.6 Å². The van der Waals surface area contributed by atoms with Crippen molar-refractivity contribution in [2.45, 2.75) is 13.3 Å². The fraction of sp³-hybridized carbons (Fsp3) is 0.286. The minimum absolute atomic E-state index is 0.166. The molecule has 0 aliphatic carbocycles. The van der Waals surface area contributed by atoms with Crippen LogP contribution >= 0.6 is 0 Å². The van der Waals surface area contributed by atoms with Gasteiger partial charge < -0.3 is 15.6 Å². The second-order valence-corrected chi connectivity index (χ2v) is 4.82. The Morgan fingerprint density at radius 1 is 1.29 bits per heavy atom. The van der Waals surface area contributed by atoms with Crippen molar-refractivity contribution in [1.29, 1.82) is 0 Å². The number of nitrogens with zero attached hydrogens (tertiary/aromatic N) is 4. The van der Waals surface area contributed by atoms with E-state index in [0.29, 0.717) is 17.8 Å². The number of amides is 2. The summed E-state index contributed by atoms with van der Waals surface area (Å²) in [6.45, 7) is 4.91. The fourth-order valence-electron chi connectivity index (χ4n) is 1.64. The number of ketones is 1. The highest BCUT2D eigenvalue weighted by atomic mass is 16.2. The lowest BCUT2D eigenvalue weighted by Crippen LogP contribution is -2.37. The molecular weight excluding hydrogens is 314 g/mol. The molecule has 0 atom stereocenters. The van der Waals surface area contributed by atoms with Gasteiger partial charge in [-0.3, -0.25) is 14.4 Å². The van der Waals surface area contributed by atoms with E-state index >= 15 is 0 Å². The zero-order valence-corrected chi connectivity index (χ0v) is 13.1. The van der Waals surface area contributed by atoms with Crippen LogP contribution in [0, 0.1) is 0 Å². The van der Waals surface area contributed by atoms with E-state index in [0.717, 1.165) is 4.80 Å². The normalized spacial score (nSPS) is 10.2. The zero-order chi connectivity index (χ0) is 17.5. The van der Waals surface area contributed by atoms with Gasteiger partial charge in [0.15, 0.2) is 11.6 Å². The highest BCUT2D eigenvalue weighted by Crippen LogP contribution is 1.99. The molecule has 2 aromatic rings. The Balaban J connectivity index is 1.80. The molecule has 0 unspecified atom stereocenters. The van der Waals surface area contributed by atoms with Gasteiger partial charge in [0.2, 0.25) is 5.91 Å². The van der Waals surface area contributed by atoms with Gasteiger partial charge in [0, 0.05) is 11.8 Å². The monoisotopic (exact) mass is 331 g/mol. The van der Waals surface area contributed by atoms with Crippen LogP contribution in [0.4, 0.5) is 0 Å². The van der Waals surface area contributed by atoms with E-state index in [1.807, 2.05) is 0 Å². The molecule has 0 fully saturated rings. The predicted molar refractivity (Wildman–Crippen MR) is 83.3 cm³/mol. The standard InChI is InChI=1S/C14H17N7O3/c1-3-9(2)13(23)16-7-10(22)8-17-14(24)12-18-20-21(19-12)11-5-4-6-15-11/h4-6,15H,2-3,7-8H2,1H3,(H,16,23)(H,17,24). The molecule has 10 heteroatoms. The Hall–Kier alpha value is -3.30. The summed E-state index contributed by atoms with van der Waals surface area (Å²) in [5.74, 6) is -0.993. The molecule has 0 radical (unpaired) electrons. The van der Waals surface area contributed by atoms with Crippen LogP contribution in [-0.2, 0) is 9.59 Å². The molecule has 0 saturated heterocycles. The van der Waals surface area contributed by atoms with Crippen molar-refractivity contribution >= 4 is 17.6 Å². The number of Topliss-reactive ketones (excluding diaryl/α,β-unsaturated/α-hetero) is 1. The number of aromatic amines is 1. The fourth-order valence-corrected chi connectivity index (χ4v) is 1.64. The number of H-pyrrole nitrogens is 1. The second kappa shape index (κ2) is 7.81. The van der Waals surface area contributed by atoms with Crippen LogP contribution < -0.4 is 10.6 Å². The summed E-state index contributed by atoms with van der Waals surface area (Å²) in [6, 6.07) is 3.46. The molecule has 24 heavy (non-hydrogen) atoms. The maximum Gasteiger partial charge on any atom is 0.293 e. The van der Waals surface area contributed by atoms with Gasteiger partial charge >= 0.3 is 0 Å². The average Bonchev–Trinajstić information content (AvgIpc) is 3.27. The SMILES string of the molecule is C=C(CC)C(=O)NCC(=O)CNC(=O)c1nnn(-c2ccc[nH]2)n1. The summed E-state index contributed by atoms with van der Waals surface area (Å²) in [5.41, 5.74) is 0.386. The lowest BCUT2D eigenvalue weighted by Gasteiger charge is -2.05. The van der Waals surface area contributed by atoms with Crippen molar-refractivity contribution in [2.75, 3.05) is 13.1 Å². The first-order valence-corrected chi connectivity index (χ1v) is 7.21. The van der Waals surface area contributed by atoms with Crippen LogP contribution in [0.15, 0.2) is 30.5 Å². The minimum Gasteiger partial charge on any atom is -0.345 e. The lowest BCUT2D eigenvalue weighted by molar-refractivity contribution is -0.122. The van der Waals surface area contributed by atoms with Crippen molar-refractivity contribution in [2.24, 2.45) is 0 Å². The summed E-state index contributed by atoms with van der Waals surface area (Å²) in [6.07, 6.45) is 2.18. The Kier molecular flexibility index (Phi) is 5.55. The Morgan fingerprint density at radius 2 is 2.04 bits per heavy atom. The summed E-state index contributed by atoms with van der Waals surface area (Å²) in [5, 5.41) is 16.0. The molecule has 0 saturated carbocycles. The first-order valence-electron chi connectivity index (χ1n) is 7.21. The molecule has 2 rings (SSSR count). The van der Waals surface area contributed by atoms with Crippen LogP contribution in [0.25, 0.3) is 5.82 Å². The summed E-state index contributed by atoms with van der Waals surface area (Å²) >= 11 is 0. The number of tetrazole rings is 1. The van der Waals surface area contributed by atoms with Crippen LogP contribution in [-0.4, -0.2) is 55.9 Å². The van der Waals surface area contributed by atoms with E-state index in [1.54, 1.807) is 25.3 Å². The van der Waals surface area contributed by atoms with Crippen molar-refractivity contribution in [3.8, 4) is 5.82 Å². The number of aromatic nitrogens is 5. The third-order valence-electron chi connectivity index (χ3n) is 3.05.